The molecule has 1 fully saturated rings. The van der Waals surface area contributed by atoms with Gasteiger partial charge in [0.15, 0.2) is 0 Å². The lowest BCUT2D eigenvalue weighted by Crippen LogP contribution is -2.41. The molecular weight excluding hydrogens is 354 g/mol. The highest BCUT2D eigenvalue weighted by atomic mass is 79.9. The Morgan fingerprint density at radius 1 is 1.12 bits per heavy atom. The van der Waals surface area contributed by atoms with Crippen molar-refractivity contribution in [3.05, 3.63) is 24.3 Å². The first-order chi connectivity index (χ1) is 8.11. The Morgan fingerprint density at radius 3 is 1.94 bits per heavy atom. The predicted molar refractivity (Wildman–Crippen MR) is 74.7 cm³/mol. The van der Waals surface area contributed by atoms with Crippen LogP contribution in [0.25, 0.3) is 0 Å². The van der Waals surface area contributed by atoms with Crippen molar-refractivity contribution in [2.45, 2.75) is 6.42 Å². The third-order valence-electron chi connectivity index (χ3n) is 1.87. The van der Waals surface area contributed by atoms with Crippen LogP contribution in [0.4, 0.5) is 0 Å². The molecule has 1 heterocycles. The van der Waals surface area contributed by atoms with Gasteiger partial charge in [0, 0.05) is 29.8 Å². The van der Waals surface area contributed by atoms with E-state index in [4.69, 9.17) is 5.11 Å². The van der Waals surface area contributed by atoms with Crippen LogP contribution in [0.5, 0.6) is 0 Å². The number of amides is 1. The van der Waals surface area contributed by atoms with Crippen LogP contribution in [0, 0.1) is 0 Å². The maximum atomic E-state index is 11.0. The first-order valence-electron chi connectivity index (χ1n) is 5.08. The first kappa shape index (κ1) is 16.4. The third-order valence-corrected chi connectivity index (χ3v) is 2.61. The van der Waals surface area contributed by atoms with E-state index in [2.05, 4.69) is 31.9 Å². The molecule has 0 aliphatic carbocycles. The lowest BCUT2D eigenvalue weighted by molar-refractivity contribution is -0.131. The van der Waals surface area contributed by atoms with Gasteiger partial charge in [-0.1, -0.05) is 44.0 Å². The largest absolute Gasteiger partial charge is 0.478 e. The number of carboxylic acid groups (broad SMARTS) is 1. The highest BCUT2D eigenvalue weighted by Crippen LogP contribution is 2.05. The Bertz CT molecular complexity index is 299. The minimum Gasteiger partial charge on any atom is -0.478 e. The SMILES string of the molecule is O=C(/C=C/CBr)N1CCC1.O=C(O)/C=C/CBr. The molecule has 0 radical (unpaired) electrons. The quantitative estimate of drug-likeness (QED) is 0.611. The van der Waals surface area contributed by atoms with E-state index in [-0.39, 0.29) is 5.91 Å². The topological polar surface area (TPSA) is 57.6 Å². The molecule has 1 N–H and O–H groups in total. The summed E-state index contributed by atoms with van der Waals surface area (Å²) in [4.78, 5) is 22.5. The number of alkyl halides is 2. The molecule has 0 unspecified atom stereocenters. The van der Waals surface area contributed by atoms with Crippen LogP contribution in [0.15, 0.2) is 24.3 Å². The molecule has 1 amide bonds. The molecule has 0 aromatic carbocycles. The number of hydrogen-bond acceptors (Lipinski definition) is 2. The molecule has 0 bridgehead atoms. The fraction of sp³-hybridized carbons (Fsp3) is 0.455. The molecule has 96 valence electrons. The molecule has 0 spiro atoms. The van der Waals surface area contributed by atoms with Crippen LogP contribution in [0.3, 0.4) is 0 Å². The summed E-state index contributed by atoms with van der Waals surface area (Å²) in [5.74, 6) is -0.759. The molecule has 1 aliphatic heterocycles. The zero-order valence-corrected chi connectivity index (χ0v) is 12.5. The second-order valence-corrected chi connectivity index (χ2v) is 4.43. The number of rotatable bonds is 4. The van der Waals surface area contributed by atoms with Crippen molar-refractivity contribution < 1.29 is 14.7 Å². The predicted octanol–water partition coefficient (Wildman–Crippen LogP) is 2.19. The Balaban J connectivity index is 0.000000325. The summed E-state index contributed by atoms with van der Waals surface area (Å²) in [5, 5.41) is 9.29. The van der Waals surface area contributed by atoms with Crippen LogP contribution >= 0.6 is 31.9 Å². The van der Waals surface area contributed by atoms with Gasteiger partial charge < -0.3 is 10.0 Å². The average molecular weight is 369 g/mol. The molecule has 0 aromatic rings. The van der Waals surface area contributed by atoms with Gasteiger partial charge in [-0.15, -0.1) is 0 Å². The number of likely N-dealkylation sites (tertiary alicyclic amines) is 1. The zero-order chi connectivity index (χ0) is 13.1. The fourth-order valence-corrected chi connectivity index (χ4v) is 1.31. The summed E-state index contributed by atoms with van der Waals surface area (Å²) in [7, 11) is 0. The second kappa shape index (κ2) is 10.5. The Kier molecular flexibility index (Phi) is 10.1. The minimum atomic E-state index is -0.903. The summed E-state index contributed by atoms with van der Waals surface area (Å²) in [6.45, 7) is 1.87. The molecule has 0 aromatic heterocycles. The second-order valence-electron chi connectivity index (χ2n) is 3.13. The zero-order valence-electron chi connectivity index (χ0n) is 9.31. The molecule has 1 aliphatic rings. The van der Waals surface area contributed by atoms with Gasteiger partial charge in [0.05, 0.1) is 0 Å². The van der Waals surface area contributed by atoms with Gasteiger partial charge in [0.2, 0.25) is 5.91 Å². The standard InChI is InChI=1S/C7H10BrNO.C4H5BrO2/c8-4-1-3-7(10)9-5-2-6-9;5-3-1-2-4(6)7/h1,3H,2,4-6H2;1-2H,3H2,(H,6,7)/b3-1+;2-1+. The van der Waals surface area contributed by atoms with Crippen molar-refractivity contribution in [3.8, 4) is 0 Å². The van der Waals surface area contributed by atoms with Crippen LogP contribution in [-0.4, -0.2) is 45.6 Å². The minimum absolute atomic E-state index is 0.144. The van der Waals surface area contributed by atoms with Gasteiger partial charge in [-0.2, -0.15) is 0 Å². The highest BCUT2D eigenvalue weighted by Gasteiger charge is 2.16. The number of halogens is 2. The van der Waals surface area contributed by atoms with Gasteiger partial charge >= 0.3 is 5.97 Å². The van der Waals surface area contributed by atoms with Gasteiger partial charge in [-0.25, -0.2) is 4.79 Å². The van der Waals surface area contributed by atoms with Crippen molar-refractivity contribution in [1.82, 2.24) is 4.90 Å². The van der Waals surface area contributed by atoms with Gasteiger partial charge in [-0.3, -0.25) is 4.79 Å². The maximum Gasteiger partial charge on any atom is 0.328 e. The number of carboxylic acids is 1. The van der Waals surface area contributed by atoms with Crippen LogP contribution in [0.1, 0.15) is 6.42 Å². The number of carbonyl (C=O) groups is 2. The lowest BCUT2D eigenvalue weighted by Gasteiger charge is -2.29. The number of aliphatic carboxylic acids is 1. The molecule has 17 heavy (non-hydrogen) atoms. The van der Waals surface area contributed by atoms with Crippen LogP contribution < -0.4 is 0 Å². The Labute approximate surface area is 118 Å². The Morgan fingerprint density at radius 2 is 1.65 bits per heavy atom. The summed E-state index contributed by atoms with van der Waals surface area (Å²) in [6.07, 6.45) is 7.21. The molecule has 4 nitrogen and oxygen atoms in total. The number of allylic oxidation sites excluding steroid dienone is 2. The highest BCUT2D eigenvalue weighted by molar-refractivity contribution is 9.09. The van der Waals surface area contributed by atoms with Crippen LogP contribution in [-0.2, 0) is 9.59 Å². The average Bonchev–Trinajstić information content (AvgIpc) is 2.22. The van der Waals surface area contributed by atoms with E-state index in [1.54, 1.807) is 6.08 Å². The fourth-order valence-electron chi connectivity index (χ4n) is 0.933. The van der Waals surface area contributed by atoms with E-state index in [1.165, 1.54) is 6.08 Å². The lowest BCUT2D eigenvalue weighted by atomic mass is 10.2. The number of carbonyl (C=O) groups excluding carboxylic acids is 1. The van der Waals surface area contributed by atoms with Gasteiger partial charge in [-0.05, 0) is 12.5 Å². The van der Waals surface area contributed by atoms with Crippen molar-refractivity contribution in [1.29, 1.82) is 0 Å². The Hall–Kier alpha value is -0.620. The van der Waals surface area contributed by atoms with Crippen molar-refractivity contribution >= 4 is 43.7 Å². The smallest absolute Gasteiger partial charge is 0.328 e. The molecular formula is C11H15Br2NO3. The summed E-state index contributed by atoms with van der Waals surface area (Å²) >= 11 is 6.24. The van der Waals surface area contributed by atoms with Crippen molar-refractivity contribution in [3.63, 3.8) is 0 Å². The normalized spacial score (nSPS) is 14.4. The van der Waals surface area contributed by atoms with E-state index < -0.39 is 5.97 Å². The number of hydrogen-bond donors (Lipinski definition) is 1. The first-order valence-corrected chi connectivity index (χ1v) is 7.33. The summed E-state index contributed by atoms with van der Waals surface area (Å²) < 4.78 is 0. The van der Waals surface area contributed by atoms with Gasteiger partial charge in [0.1, 0.15) is 0 Å². The van der Waals surface area contributed by atoms with E-state index in [1.807, 2.05) is 11.0 Å². The van der Waals surface area contributed by atoms with E-state index in [0.29, 0.717) is 5.33 Å². The summed E-state index contributed by atoms with van der Waals surface area (Å²) in [5.41, 5.74) is 0. The molecule has 1 saturated heterocycles. The van der Waals surface area contributed by atoms with Gasteiger partial charge in [0.25, 0.3) is 0 Å². The van der Waals surface area contributed by atoms with E-state index in [0.717, 1.165) is 30.9 Å². The van der Waals surface area contributed by atoms with E-state index >= 15 is 0 Å². The molecule has 6 heteroatoms. The third kappa shape index (κ3) is 9.12. The molecule has 1 rings (SSSR count). The maximum absolute atomic E-state index is 11.0. The molecule has 0 saturated carbocycles. The van der Waals surface area contributed by atoms with Crippen molar-refractivity contribution in [2.24, 2.45) is 0 Å². The number of nitrogens with zero attached hydrogens (tertiary/aromatic N) is 1. The monoisotopic (exact) mass is 367 g/mol. The van der Waals surface area contributed by atoms with Crippen LogP contribution in [0.2, 0.25) is 0 Å². The summed E-state index contributed by atoms with van der Waals surface area (Å²) in [6, 6.07) is 0. The molecule has 0 atom stereocenters. The van der Waals surface area contributed by atoms with E-state index in [9.17, 15) is 9.59 Å². The van der Waals surface area contributed by atoms with Crippen molar-refractivity contribution in [2.75, 3.05) is 23.7 Å².